The number of alkyl halides is 3. The molecule has 180 valence electrons. The van der Waals surface area contributed by atoms with Gasteiger partial charge < -0.3 is 14.5 Å². The molecule has 11 heteroatoms. The molecule has 1 N–H and O–H groups in total. The van der Waals surface area contributed by atoms with Crippen molar-refractivity contribution in [3.8, 4) is 5.95 Å². The summed E-state index contributed by atoms with van der Waals surface area (Å²) in [6.07, 6.45) is -3.85. The summed E-state index contributed by atoms with van der Waals surface area (Å²) in [7, 11) is -1.22. The number of H-pyrrole nitrogens is 1. The van der Waals surface area contributed by atoms with Gasteiger partial charge in [-0.05, 0) is 32.9 Å². The van der Waals surface area contributed by atoms with E-state index >= 15 is 0 Å². The molecule has 33 heavy (non-hydrogen) atoms. The predicted molar refractivity (Wildman–Crippen MR) is 121 cm³/mol. The summed E-state index contributed by atoms with van der Waals surface area (Å²) in [4.78, 5) is 19.8. The topological polar surface area (TPSA) is 82.0 Å². The third-order valence-corrected chi connectivity index (χ3v) is 6.37. The summed E-state index contributed by atoms with van der Waals surface area (Å²) in [6.45, 7) is 12.5. The summed E-state index contributed by atoms with van der Waals surface area (Å²) >= 11 is 0. The van der Waals surface area contributed by atoms with Gasteiger partial charge in [0.25, 0.3) is 0 Å². The Labute approximate surface area is 191 Å². The maximum absolute atomic E-state index is 13.6. The van der Waals surface area contributed by atoms with Crippen molar-refractivity contribution in [3.05, 3.63) is 41.2 Å². The summed E-state index contributed by atoms with van der Waals surface area (Å²) < 4.78 is 52.6. The standard InChI is InChI=1S/C22H29F3N4O3Si/c1-21(2,3)32-19(30)15-12-29(28-18(15)22(23,24)25)20-26-16-9-7-8-14(17(16)27-20)13-31-10-11-33(4,5)6/h7-9,12H,10-11,13H2,1-6H3,(H,26,27). The highest BCUT2D eigenvalue weighted by molar-refractivity contribution is 6.76. The quantitative estimate of drug-likeness (QED) is 0.270. The van der Waals surface area contributed by atoms with Gasteiger partial charge in [0.2, 0.25) is 5.95 Å². The lowest BCUT2D eigenvalue weighted by Gasteiger charge is -2.19. The molecule has 0 atom stereocenters. The van der Waals surface area contributed by atoms with Crippen molar-refractivity contribution in [2.75, 3.05) is 6.61 Å². The maximum atomic E-state index is 13.6. The van der Waals surface area contributed by atoms with Crippen LogP contribution in [0, 0.1) is 0 Å². The Morgan fingerprint density at radius 2 is 1.88 bits per heavy atom. The van der Waals surface area contributed by atoms with Crippen LogP contribution in [0.4, 0.5) is 13.2 Å². The van der Waals surface area contributed by atoms with Crippen LogP contribution in [0.1, 0.15) is 42.4 Å². The second kappa shape index (κ2) is 8.94. The number of carbonyl (C=O) groups is 1. The minimum Gasteiger partial charge on any atom is -0.456 e. The van der Waals surface area contributed by atoms with E-state index < -0.39 is 37.1 Å². The van der Waals surface area contributed by atoms with Crippen molar-refractivity contribution < 1.29 is 27.4 Å². The van der Waals surface area contributed by atoms with Gasteiger partial charge >= 0.3 is 12.1 Å². The second-order valence-corrected chi connectivity index (χ2v) is 15.7. The van der Waals surface area contributed by atoms with Gasteiger partial charge in [-0.1, -0.05) is 31.8 Å². The first-order valence-electron chi connectivity index (χ1n) is 10.6. The number of fused-ring (bicyclic) bond motifs is 1. The molecule has 2 heterocycles. The molecule has 3 aromatic rings. The third-order valence-electron chi connectivity index (χ3n) is 4.66. The lowest BCUT2D eigenvalue weighted by Crippen LogP contribution is -2.25. The first kappa shape index (κ1) is 25.0. The smallest absolute Gasteiger partial charge is 0.436 e. The van der Waals surface area contributed by atoms with Crippen molar-refractivity contribution in [1.82, 2.24) is 19.7 Å². The zero-order valence-electron chi connectivity index (χ0n) is 19.6. The molecule has 2 aromatic heterocycles. The lowest BCUT2D eigenvalue weighted by atomic mass is 10.2. The highest BCUT2D eigenvalue weighted by Gasteiger charge is 2.40. The van der Waals surface area contributed by atoms with Gasteiger partial charge in [-0.3, -0.25) is 0 Å². The third kappa shape index (κ3) is 6.44. The molecule has 0 unspecified atom stereocenters. The largest absolute Gasteiger partial charge is 0.456 e. The zero-order chi connectivity index (χ0) is 24.6. The first-order valence-corrected chi connectivity index (χ1v) is 14.3. The van der Waals surface area contributed by atoms with E-state index in [1.54, 1.807) is 32.9 Å². The van der Waals surface area contributed by atoms with E-state index in [0.29, 0.717) is 24.2 Å². The van der Waals surface area contributed by atoms with Crippen molar-refractivity contribution in [2.45, 2.75) is 64.8 Å². The van der Waals surface area contributed by atoms with Crippen LogP contribution in [0.15, 0.2) is 24.4 Å². The Morgan fingerprint density at radius 3 is 2.48 bits per heavy atom. The highest BCUT2D eigenvalue weighted by atomic mass is 28.3. The predicted octanol–water partition coefficient (Wildman–Crippen LogP) is 5.58. The van der Waals surface area contributed by atoms with Crippen LogP contribution in [0.5, 0.6) is 0 Å². The van der Waals surface area contributed by atoms with Crippen LogP contribution in [-0.2, 0) is 22.3 Å². The molecule has 0 radical (unpaired) electrons. The Balaban J connectivity index is 1.92. The number of carbonyl (C=O) groups excluding carboxylic acids is 1. The molecule has 3 rings (SSSR count). The molecule has 1 aromatic carbocycles. The number of hydrogen-bond acceptors (Lipinski definition) is 5. The van der Waals surface area contributed by atoms with Crippen molar-refractivity contribution in [3.63, 3.8) is 0 Å². The minimum absolute atomic E-state index is 0.0554. The average Bonchev–Trinajstić information content (AvgIpc) is 3.27. The van der Waals surface area contributed by atoms with Crippen LogP contribution >= 0.6 is 0 Å². The van der Waals surface area contributed by atoms with E-state index in [2.05, 4.69) is 34.7 Å². The highest BCUT2D eigenvalue weighted by Crippen LogP contribution is 2.32. The van der Waals surface area contributed by atoms with Crippen molar-refractivity contribution in [2.24, 2.45) is 0 Å². The Kier molecular flexibility index (Phi) is 6.76. The average molecular weight is 483 g/mol. The Morgan fingerprint density at radius 1 is 1.18 bits per heavy atom. The van der Waals surface area contributed by atoms with Crippen LogP contribution in [0.3, 0.4) is 0 Å². The van der Waals surface area contributed by atoms with Crippen LogP contribution in [0.25, 0.3) is 17.0 Å². The fraction of sp³-hybridized carbons (Fsp3) is 0.500. The number of imidazole rings is 1. The number of rotatable bonds is 7. The minimum atomic E-state index is -4.83. The van der Waals surface area contributed by atoms with E-state index in [9.17, 15) is 18.0 Å². The number of nitrogens with one attached hydrogen (secondary N) is 1. The molecule has 0 bridgehead atoms. The van der Waals surface area contributed by atoms with Crippen molar-refractivity contribution >= 4 is 25.1 Å². The van der Waals surface area contributed by atoms with Gasteiger partial charge in [0, 0.05) is 26.4 Å². The number of aromatic nitrogens is 4. The van der Waals surface area contributed by atoms with Crippen molar-refractivity contribution in [1.29, 1.82) is 0 Å². The number of ether oxygens (including phenoxy) is 2. The first-order chi connectivity index (χ1) is 15.1. The van der Waals surface area contributed by atoms with E-state index in [-0.39, 0.29) is 5.95 Å². The number of esters is 1. The number of nitrogens with zero attached hydrogens (tertiary/aromatic N) is 3. The number of aromatic amines is 1. The Bertz CT molecular complexity index is 1140. The molecule has 0 aliphatic rings. The fourth-order valence-electron chi connectivity index (χ4n) is 3.04. The lowest BCUT2D eigenvalue weighted by molar-refractivity contribution is -0.142. The van der Waals surface area contributed by atoms with E-state index in [1.165, 1.54) is 0 Å². The van der Waals surface area contributed by atoms with Crippen LogP contribution in [0.2, 0.25) is 25.7 Å². The second-order valence-electron chi connectivity index (χ2n) is 10.1. The fourth-order valence-corrected chi connectivity index (χ4v) is 3.80. The molecule has 0 saturated heterocycles. The zero-order valence-corrected chi connectivity index (χ0v) is 20.6. The van der Waals surface area contributed by atoms with Gasteiger partial charge in [0.15, 0.2) is 5.69 Å². The monoisotopic (exact) mass is 482 g/mol. The molecule has 0 aliphatic carbocycles. The van der Waals surface area contributed by atoms with Gasteiger partial charge in [-0.2, -0.15) is 18.3 Å². The summed E-state index contributed by atoms with van der Waals surface area (Å²) in [6, 6.07) is 6.44. The van der Waals surface area contributed by atoms with E-state index in [1.807, 2.05) is 6.07 Å². The number of benzene rings is 1. The summed E-state index contributed by atoms with van der Waals surface area (Å²) in [5.41, 5.74) is -0.925. The molecule has 0 fully saturated rings. The molecule has 7 nitrogen and oxygen atoms in total. The summed E-state index contributed by atoms with van der Waals surface area (Å²) in [5, 5.41) is 3.60. The summed E-state index contributed by atoms with van der Waals surface area (Å²) in [5.74, 6) is -1.05. The maximum Gasteiger partial charge on any atom is 0.436 e. The van der Waals surface area contributed by atoms with Crippen LogP contribution < -0.4 is 0 Å². The molecule has 0 amide bonds. The van der Waals surface area contributed by atoms with Gasteiger partial charge in [-0.25, -0.2) is 14.5 Å². The Hall–Kier alpha value is -2.66. The normalized spacial score (nSPS) is 13.0. The van der Waals surface area contributed by atoms with Crippen LogP contribution in [-0.4, -0.2) is 46.0 Å². The molecular formula is C22H29F3N4O3Si. The van der Waals surface area contributed by atoms with E-state index in [0.717, 1.165) is 22.5 Å². The molecule has 0 spiro atoms. The van der Waals surface area contributed by atoms with E-state index in [4.69, 9.17) is 9.47 Å². The van der Waals surface area contributed by atoms with Gasteiger partial charge in [0.05, 0.1) is 17.6 Å². The molecule has 0 aliphatic heterocycles. The van der Waals surface area contributed by atoms with Gasteiger partial charge in [0.1, 0.15) is 11.2 Å². The molecule has 0 saturated carbocycles. The van der Waals surface area contributed by atoms with Gasteiger partial charge in [-0.15, -0.1) is 0 Å². The SMILES string of the molecule is CC(C)(C)OC(=O)c1cn(-c2nc3cccc(COCC[Si](C)(C)C)c3[nH]2)nc1C(F)(F)F. The number of hydrogen-bond donors (Lipinski definition) is 1. The number of para-hydroxylation sites is 1. The number of halogens is 3. The molecular weight excluding hydrogens is 453 g/mol.